The van der Waals surface area contributed by atoms with Crippen LogP contribution in [-0.4, -0.2) is 23.6 Å². The Balaban J connectivity index is 2.58. The van der Waals surface area contributed by atoms with Crippen molar-refractivity contribution >= 4 is 33.3 Å². The third-order valence-electron chi connectivity index (χ3n) is 1.87. The Kier molecular flexibility index (Phi) is 2.49. The standard InChI is InChI=1S/C9H12N4S/c1-3-11-8-7-6(4-5-14-7)12-9(10-2)13-8/h4-5H,3H2,1-2H3,(H2,10,11,12,13). The third-order valence-corrected chi connectivity index (χ3v) is 2.78. The summed E-state index contributed by atoms with van der Waals surface area (Å²) in [6.45, 7) is 2.92. The van der Waals surface area contributed by atoms with E-state index in [0.717, 1.165) is 22.6 Å². The van der Waals surface area contributed by atoms with Crippen LogP contribution in [0.25, 0.3) is 10.2 Å². The summed E-state index contributed by atoms with van der Waals surface area (Å²) in [5, 5.41) is 8.21. The lowest BCUT2D eigenvalue weighted by atomic mass is 10.4. The smallest absolute Gasteiger partial charge is 0.225 e. The van der Waals surface area contributed by atoms with Crippen LogP contribution >= 0.6 is 11.3 Å². The number of aromatic nitrogens is 2. The fraction of sp³-hybridized carbons (Fsp3) is 0.333. The highest BCUT2D eigenvalue weighted by Gasteiger charge is 2.06. The van der Waals surface area contributed by atoms with Gasteiger partial charge in [-0.05, 0) is 18.4 Å². The highest BCUT2D eigenvalue weighted by molar-refractivity contribution is 7.17. The van der Waals surface area contributed by atoms with E-state index in [1.165, 1.54) is 0 Å². The first kappa shape index (κ1) is 9.21. The van der Waals surface area contributed by atoms with Gasteiger partial charge in [0.2, 0.25) is 5.95 Å². The maximum atomic E-state index is 4.36. The van der Waals surface area contributed by atoms with Gasteiger partial charge in [0.1, 0.15) is 5.82 Å². The Hall–Kier alpha value is -1.36. The molecule has 2 rings (SSSR count). The molecule has 0 saturated heterocycles. The van der Waals surface area contributed by atoms with E-state index >= 15 is 0 Å². The molecule has 2 aromatic rings. The molecular formula is C9H12N4S. The van der Waals surface area contributed by atoms with Crippen LogP contribution in [0.1, 0.15) is 6.92 Å². The number of thiophene rings is 1. The first-order valence-corrected chi connectivity index (χ1v) is 5.40. The quantitative estimate of drug-likeness (QED) is 0.811. The van der Waals surface area contributed by atoms with Gasteiger partial charge in [-0.1, -0.05) is 0 Å². The summed E-state index contributed by atoms with van der Waals surface area (Å²) < 4.78 is 1.12. The molecule has 0 saturated carbocycles. The summed E-state index contributed by atoms with van der Waals surface area (Å²) in [6, 6.07) is 2.00. The number of hydrogen-bond donors (Lipinski definition) is 2. The van der Waals surface area contributed by atoms with E-state index in [-0.39, 0.29) is 0 Å². The Bertz CT molecular complexity index is 437. The first-order chi connectivity index (χ1) is 6.85. The molecule has 74 valence electrons. The molecule has 0 spiro atoms. The molecule has 2 heterocycles. The molecule has 0 amide bonds. The van der Waals surface area contributed by atoms with Crippen LogP contribution in [0.2, 0.25) is 0 Å². The molecule has 2 aromatic heterocycles. The molecule has 0 aliphatic heterocycles. The normalized spacial score (nSPS) is 10.4. The van der Waals surface area contributed by atoms with Crippen LogP contribution in [0, 0.1) is 0 Å². The van der Waals surface area contributed by atoms with Crippen molar-refractivity contribution in [2.45, 2.75) is 6.92 Å². The molecule has 0 aliphatic carbocycles. The summed E-state index contributed by atoms with van der Waals surface area (Å²) in [5.74, 6) is 1.57. The molecule has 5 heteroatoms. The number of anilines is 2. The van der Waals surface area contributed by atoms with Gasteiger partial charge in [-0.15, -0.1) is 11.3 Å². The number of fused-ring (bicyclic) bond motifs is 1. The van der Waals surface area contributed by atoms with Crippen molar-refractivity contribution in [3.8, 4) is 0 Å². The van der Waals surface area contributed by atoms with Gasteiger partial charge in [-0.25, -0.2) is 4.98 Å². The topological polar surface area (TPSA) is 49.8 Å². The van der Waals surface area contributed by atoms with Crippen LogP contribution in [0.3, 0.4) is 0 Å². The summed E-state index contributed by atoms with van der Waals surface area (Å²) >= 11 is 1.66. The van der Waals surface area contributed by atoms with Gasteiger partial charge in [-0.3, -0.25) is 0 Å². The number of nitrogens with one attached hydrogen (secondary N) is 2. The molecule has 4 nitrogen and oxygen atoms in total. The minimum absolute atomic E-state index is 0.659. The van der Waals surface area contributed by atoms with E-state index in [4.69, 9.17) is 0 Å². The van der Waals surface area contributed by atoms with Crippen LogP contribution < -0.4 is 10.6 Å². The predicted molar refractivity (Wildman–Crippen MR) is 61.1 cm³/mol. The fourth-order valence-electron chi connectivity index (χ4n) is 1.26. The van der Waals surface area contributed by atoms with Crippen molar-refractivity contribution in [3.63, 3.8) is 0 Å². The van der Waals surface area contributed by atoms with E-state index in [2.05, 4.69) is 27.5 Å². The van der Waals surface area contributed by atoms with Crippen molar-refractivity contribution < 1.29 is 0 Å². The largest absolute Gasteiger partial charge is 0.369 e. The molecule has 0 unspecified atom stereocenters. The van der Waals surface area contributed by atoms with Gasteiger partial charge in [0.05, 0.1) is 10.2 Å². The Morgan fingerprint density at radius 1 is 1.43 bits per heavy atom. The second kappa shape index (κ2) is 3.79. The van der Waals surface area contributed by atoms with E-state index in [1.807, 2.05) is 18.5 Å². The number of hydrogen-bond acceptors (Lipinski definition) is 5. The first-order valence-electron chi connectivity index (χ1n) is 4.52. The van der Waals surface area contributed by atoms with Crippen molar-refractivity contribution in [2.24, 2.45) is 0 Å². The molecule has 0 atom stereocenters. The second-order valence-electron chi connectivity index (χ2n) is 2.81. The molecule has 0 aliphatic rings. The maximum absolute atomic E-state index is 4.36. The Labute approximate surface area is 86.4 Å². The summed E-state index contributed by atoms with van der Waals surface area (Å²) in [7, 11) is 1.82. The predicted octanol–water partition coefficient (Wildman–Crippen LogP) is 2.16. The van der Waals surface area contributed by atoms with E-state index in [1.54, 1.807) is 11.3 Å². The van der Waals surface area contributed by atoms with E-state index < -0.39 is 0 Å². The summed E-state index contributed by atoms with van der Waals surface area (Å²) in [5.41, 5.74) is 0.991. The van der Waals surface area contributed by atoms with Crippen molar-refractivity contribution in [1.82, 2.24) is 9.97 Å². The summed E-state index contributed by atoms with van der Waals surface area (Å²) in [6.07, 6.45) is 0. The van der Waals surface area contributed by atoms with Crippen LogP contribution in [0.4, 0.5) is 11.8 Å². The van der Waals surface area contributed by atoms with Crippen molar-refractivity contribution in [2.75, 3.05) is 24.2 Å². The molecule has 0 fully saturated rings. The van der Waals surface area contributed by atoms with E-state index in [9.17, 15) is 0 Å². The highest BCUT2D eigenvalue weighted by atomic mass is 32.1. The average molecular weight is 208 g/mol. The third kappa shape index (κ3) is 1.50. The van der Waals surface area contributed by atoms with Gasteiger partial charge < -0.3 is 10.6 Å². The minimum Gasteiger partial charge on any atom is -0.369 e. The zero-order chi connectivity index (χ0) is 9.97. The Morgan fingerprint density at radius 3 is 3.00 bits per heavy atom. The minimum atomic E-state index is 0.659. The SMILES string of the molecule is CCNc1nc(NC)nc2ccsc12. The second-order valence-corrected chi connectivity index (χ2v) is 3.73. The zero-order valence-electron chi connectivity index (χ0n) is 8.16. The lowest BCUT2D eigenvalue weighted by Gasteiger charge is -2.05. The summed E-state index contributed by atoms with van der Waals surface area (Å²) in [4.78, 5) is 8.70. The van der Waals surface area contributed by atoms with Crippen LogP contribution in [0.5, 0.6) is 0 Å². The number of nitrogens with zero attached hydrogens (tertiary/aromatic N) is 2. The maximum Gasteiger partial charge on any atom is 0.225 e. The molecular weight excluding hydrogens is 196 g/mol. The van der Waals surface area contributed by atoms with Crippen molar-refractivity contribution in [3.05, 3.63) is 11.4 Å². The van der Waals surface area contributed by atoms with Gasteiger partial charge >= 0.3 is 0 Å². The molecule has 0 bridgehead atoms. The van der Waals surface area contributed by atoms with Crippen LogP contribution in [0.15, 0.2) is 11.4 Å². The monoisotopic (exact) mass is 208 g/mol. The van der Waals surface area contributed by atoms with Gasteiger partial charge in [0, 0.05) is 13.6 Å². The molecule has 2 N–H and O–H groups in total. The van der Waals surface area contributed by atoms with Crippen molar-refractivity contribution in [1.29, 1.82) is 0 Å². The molecule has 0 radical (unpaired) electrons. The van der Waals surface area contributed by atoms with Crippen LogP contribution in [-0.2, 0) is 0 Å². The molecule has 14 heavy (non-hydrogen) atoms. The average Bonchev–Trinajstić information content (AvgIpc) is 2.66. The van der Waals surface area contributed by atoms with Gasteiger partial charge in [-0.2, -0.15) is 4.98 Å². The van der Waals surface area contributed by atoms with E-state index in [0.29, 0.717) is 5.95 Å². The highest BCUT2D eigenvalue weighted by Crippen LogP contribution is 2.26. The van der Waals surface area contributed by atoms with Gasteiger partial charge in [0.15, 0.2) is 0 Å². The Morgan fingerprint density at radius 2 is 2.29 bits per heavy atom. The van der Waals surface area contributed by atoms with Gasteiger partial charge in [0.25, 0.3) is 0 Å². The molecule has 0 aromatic carbocycles. The number of rotatable bonds is 3. The fourth-order valence-corrected chi connectivity index (χ4v) is 2.06. The zero-order valence-corrected chi connectivity index (χ0v) is 8.98. The lowest BCUT2D eigenvalue weighted by molar-refractivity contribution is 1.14. The lowest BCUT2D eigenvalue weighted by Crippen LogP contribution is -2.03.